The second-order valence-electron chi connectivity index (χ2n) is 8.46. The fourth-order valence-corrected chi connectivity index (χ4v) is 6.82. The molecule has 0 unspecified atom stereocenters. The predicted molar refractivity (Wildman–Crippen MR) is 108 cm³/mol. The molecule has 4 aromatic carbocycles. The number of rotatable bonds is 0. The lowest BCUT2D eigenvalue weighted by Crippen LogP contribution is -2.35. The minimum atomic E-state index is -0.0633. The Bertz CT molecular complexity index is 1160. The van der Waals surface area contributed by atoms with Gasteiger partial charge in [-0.2, -0.15) is 0 Å². The second kappa shape index (κ2) is 3.92. The molecule has 27 heavy (non-hydrogen) atoms. The van der Waals surface area contributed by atoms with Gasteiger partial charge in [0.1, 0.15) is 0 Å². The summed E-state index contributed by atoms with van der Waals surface area (Å²) in [4.78, 5) is 0. The molecule has 0 aliphatic heterocycles. The molecular formula is C27H16. The van der Waals surface area contributed by atoms with E-state index in [1.165, 1.54) is 44.5 Å². The van der Waals surface area contributed by atoms with Crippen molar-refractivity contribution in [1.29, 1.82) is 0 Å². The summed E-state index contributed by atoms with van der Waals surface area (Å²) in [5.74, 6) is 0. The molecule has 0 heteroatoms. The maximum atomic E-state index is 2.37. The topological polar surface area (TPSA) is 0 Å². The van der Waals surface area contributed by atoms with E-state index < -0.39 is 0 Å². The third-order valence-electron chi connectivity index (χ3n) is 7.45. The fraction of sp³-hybridized carbons (Fsp3) is 0.111. The quantitative estimate of drug-likeness (QED) is 0.325. The Kier molecular flexibility index (Phi) is 1.90. The van der Waals surface area contributed by atoms with E-state index in [1.54, 1.807) is 22.3 Å². The fourth-order valence-electron chi connectivity index (χ4n) is 6.82. The molecule has 4 aliphatic rings. The first kappa shape index (κ1) is 13.1. The Hall–Kier alpha value is -3.12. The van der Waals surface area contributed by atoms with Crippen molar-refractivity contribution in [2.75, 3.05) is 0 Å². The van der Waals surface area contributed by atoms with Gasteiger partial charge in [0.15, 0.2) is 0 Å². The van der Waals surface area contributed by atoms with Crippen LogP contribution in [0.4, 0.5) is 0 Å². The normalized spacial score (nSPS) is 16.9. The zero-order chi connectivity index (χ0) is 17.3. The van der Waals surface area contributed by atoms with Crippen molar-refractivity contribution in [1.82, 2.24) is 0 Å². The summed E-state index contributed by atoms with van der Waals surface area (Å²) in [6, 6.07) is 27.9. The zero-order valence-corrected chi connectivity index (χ0v) is 14.8. The summed E-state index contributed by atoms with van der Waals surface area (Å²) in [7, 11) is 0. The van der Waals surface area contributed by atoms with Crippen LogP contribution in [0.2, 0.25) is 0 Å². The summed E-state index contributed by atoms with van der Waals surface area (Å²) >= 11 is 0. The number of hydrogen-bond donors (Lipinski definition) is 0. The minimum absolute atomic E-state index is 0.0633. The molecule has 4 aliphatic carbocycles. The van der Waals surface area contributed by atoms with Crippen LogP contribution in [0.3, 0.4) is 0 Å². The third kappa shape index (κ3) is 1.16. The highest BCUT2D eigenvalue weighted by molar-refractivity contribution is 5.99. The Morgan fingerprint density at radius 2 is 0.704 bits per heavy atom. The summed E-state index contributed by atoms with van der Waals surface area (Å²) in [5, 5.41) is 0. The van der Waals surface area contributed by atoms with E-state index in [2.05, 4.69) is 72.8 Å². The highest BCUT2D eigenvalue weighted by atomic mass is 14.6. The molecule has 4 aromatic rings. The number of benzene rings is 4. The second-order valence-corrected chi connectivity index (χ2v) is 8.46. The van der Waals surface area contributed by atoms with Gasteiger partial charge in [-0.25, -0.2) is 0 Å². The maximum absolute atomic E-state index is 2.37. The summed E-state index contributed by atoms with van der Waals surface area (Å²) in [5.41, 5.74) is 18.2. The molecule has 0 atom stereocenters. The largest absolute Gasteiger partial charge is 0.0736 e. The van der Waals surface area contributed by atoms with Crippen LogP contribution in [-0.2, 0) is 18.3 Å². The summed E-state index contributed by atoms with van der Waals surface area (Å²) in [6.07, 6.45) is 2.11. The molecule has 1 spiro atoms. The highest BCUT2D eigenvalue weighted by Crippen LogP contribution is 2.68. The smallest absolute Gasteiger partial charge is 0.0613 e. The first-order valence-corrected chi connectivity index (χ1v) is 9.89. The molecule has 0 bridgehead atoms. The number of hydrogen-bond acceptors (Lipinski definition) is 0. The van der Waals surface area contributed by atoms with Gasteiger partial charge in [0.05, 0.1) is 5.41 Å². The van der Waals surface area contributed by atoms with Gasteiger partial charge >= 0.3 is 0 Å². The first-order chi connectivity index (χ1) is 13.4. The van der Waals surface area contributed by atoms with Gasteiger partial charge in [-0.15, -0.1) is 0 Å². The van der Waals surface area contributed by atoms with Crippen molar-refractivity contribution in [2.24, 2.45) is 0 Å². The van der Waals surface area contributed by atoms with E-state index in [1.807, 2.05) is 0 Å². The Morgan fingerprint density at radius 1 is 0.407 bits per heavy atom. The Morgan fingerprint density at radius 3 is 1.00 bits per heavy atom. The number of fused-ring (bicyclic) bond motifs is 2. The minimum Gasteiger partial charge on any atom is -0.0613 e. The van der Waals surface area contributed by atoms with Crippen LogP contribution in [0.1, 0.15) is 44.5 Å². The molecule has 124 valence electrons. The van der Waals surface area contributed by atoms with Gasteiger partial charge in [0.2, 0.25) is 0 Å². The maximum Gasteiger partial charge on any atom is 0.0736 e. The molecule has 0 amide bonds. The summed E-state index contributed by atoms with van der Waals surface area (Å²) < 4.78 is 0. The third-order valence-corrected chi connectivity index (χ3v) is 7.45. The molecule has 8 rings (SSSR count). The van der Waals surface area contributed by atoms with Crippen molar-refractivity contribution in [3.05, 3.63) is 117 Å². The van der Waals surface area contributed by atoms with E-state index in [9.17, 15) is 0 Å². The molecule has 0 fully saturated rings. The van der Waals surface area contributed by atoms with E-state index >= 15 is 0 Å². The molecule has 0 saturated carbocycles. The van der Waals surface area contributed by atoms with E-state index in [-0.39, 0.29) is 5.41 Å². The molecular weight excluding hydrogens is 324 g/mol. The first-order valence-electron chi connectivity index (χ1n) is 9.89. The van der Waals surface area contributed by atoms with Crippen LogP contribution in [0.25, 0.3) is 22.3 Å². The van der Waals surface area contributed by atoms with Crippen LogP contribution >= 0.6 is 0 Å². The molecule has 0 heterocycles. The lowest BCUT2D eigenvalue weighted by Gasteiger charge is -2.41. The van der Waals surface area contributed by atoms with Gasteiger partial charge in [0.25, 0.3) is 0 Å². The van der Waals surface area contributed by atoms with E-state index in [0.717, 1.165) is 12.8 Å². The van der Waals surface area contributed by atoms with Gasteiger partial charge in [0, 0.05) is 0 Å². The monoisotopic (exact) mass is 340 g/mol. The Balaban J connectivity index is 1.75. The van der Waals surface area contributed by atoms with E-state index in [0.29, 0.717) is 0 Å². The highest BCUT2D eigenvalue weighted by Gasteiger charge is 2.58. The SMILES string of the molecule is c1cc2c3c(c1)-c1cccc4c1C31c3c(cccc3-c3cccc(c31)C4)C2. The van der Waals surface area contributed by atoms with Gasteiger partial charge in [-0.05, 0) is 79.6 Å². The predicted octanol–water partition coefficient (Wildman–Crippen LogP) is 5.84. The van der Waals surface area contributed by atoms with Crippen LogP contribution < -0.4 is 0 Å². The molecule has 0 nitrogen and oxygen atoms in total. The van der Waals surface area contributed by atoms with Crippen LogP contribution in [0, 0.1) is 0 Å². The zero-order valence-electron chi connectivity index (χ0n) is 14.8. The lowest BCUT2D eigenvalue weighted by molar-refractivity contribution is 0.711. The van der Waals surface area contributed by atoms with Crippen LogP contribution in [0.15, 0.2) is 72.8 Å². The van der Waals surface area contributed by atoms with Crippen molar-refractivity contribution in [3.8, 4) is 22.3 Å². The molecule has 0 saturated heterocycles. The molecule has 0 aromatic heterocycles. The van der Waals surface area contributed by atoms with Gasteiger partial charge in [-0.1, -0.05) is 72.8 Å². The standard InChI is InChI=1S/C27H16/c1-5-15-13-16-6-3-11-21-22-12-4-8-18-14-17-7-2-10-20-19(9-1)23(15)27(24(17)20,25(16)21)26(18)22/h1-12H,13-14H2. The summed E-state index contributed by atoms with van der Waals surface area (Å²) in [6.45, 7) is 0. The van der Waals surface area contributed by atoms with E-state index in [4.69, 9.17) is 0 Å². The van der Waals surface area contributed by atoms with Gasteiger partial charge in [-0.3, -0.25) is 0 Å². The van der Waals surface area contributed by atoms with Crippen LogP contribution in [-0.4, -0.2) is 0 Å². The van der Waals surface area contributed by atoms with Crippen LogP contribution in [0.5, 0.6) is 0 Å². The van der Waals surface area contributed by atoms with Gasteiger partial charge < -0.3 is 0 Å². The van der Waals surface area contributed by atoms with Crippen molar-refractivity contribution < 1.29 is 0 Å². The lowest BCUT2D eigenvalue weighted by atomic mass is 9.60. The average molecular weight is 340 g/mol. The molecule has 0 radical (unpaired) electrons. The average Bonchev–Trinajstić information content (AvgIpc) is 3.18. The van der Waals surface area contributed by atoms with Crippen molar-refractivity contribution in [2.45, 2.75) is 18.3 Å². The molecule has 0 N–H and O–H groups in total. The Labute approximate surface area is 158 Å². The van der Waals surface area contributed by atoms with Crippen molar-refractivity contribution in [3.63, 3.8) is 0 Å². The van der Waals surface area contributed by atoms with Crippen molar-refractivity contribution >= 4 is 0 Å².